The molecule has 2 heteroatoms. The van der Waals surface area contributed by atoms with Crippen molar-refractivity contribution < 1.29 is 4.74 Å². The molecule has 0 aromatic carbocycles. The minimum atomic E-state index is 0.557. The molecule has 106 valence electrons. The van der Waals surface area contributed by atoms with Crippen LogP contribution in [0.5, 0.6) is 0 Å². The van der Waals surface area contributed by atoms with Crippen LogP contribution in [0.15, 0.2) is 0 Å². The average molecular weight is 253 g/mol. The van der Waals surface area contributed by atoms with Gasteiger partial charge >= 0.3 is 0 Å². The predicted molar refractivity (Wildman–Crippen MR) is 76.8 cm³/mol. The topological polar surface area (TPSA) is 21.3 Å². The summed E-state index contributed by atoms with van der Waals surface area (Å²) in [6.07, 6.45) is 13.0. The molecule has 0 bridgehead atoms. The minimum Gasteiger partial charge on any atom is -0.378 e. The zero-order valence-corrected chi connectivity index (χ0v) is 12.1. The Kier molecular flexibility index (Phi) is 6.50. The summed E-state index contributed by atoms with van der Waals surface area (Å²) in [6.45, 7) is 5.58. The lowest BCUT2D eigenvalue weighted by Gasteiger charge is -2.37. The van der Waals surface area contributed by atoms with Crippen molar-refractivity contribution in [2.45, 2.75) is 70.8 Å². The zero-order chi connectivity index (χ0) is 12.6. The van der Waals surface area contributed by atoms with E-state index in [1.54, 1.807) is 0 Å². The Morgan fingerprint density at radius 1 is 1.00 bits per heavy atom. The number of rotatable bonds is 5. The third kappa shape index (κ3) is 4.24. The molecule has 0 amide bonds. The Labute approximate surface area is 113 Å². The van der Waals surface area contributed by atoms with Gasteiger partial charge in [-0.05, 0) is 50.5 Å². The van der Waals surface area contributed by atoms with Crippen LogP contribution in [0.1, 0.15) is 64.7 Å². The number of hydrogen-bond acceptors (Lipinski definition) is 2. The fourth-order valence-corrected chi connectivity index (χ4v) is 3.71. The standard InChI is InChI=1S/C16H31NO/c1-2-11-17-13-15-10-7-12-18-16(15)14-8-5-3-4-6-9-14/h14-17H,2-13H2,1H3. The van der Waals surface area contributed by atoms with Crippen molar-refractivity contribution in [2.24, 2.45) is 11.8 Å². The molecule has 1 N–H and O–H groups in total. The second kappa shape index (κ2) is 8.16. The Balaban J connectivity index is 1.85. The van der Waals surface area contributed by atoms with Gasteiger partial charge in [-0.25, -0.2) is 0 Å². The van der Waals surface area contributed by atoms with Gasteiger partial charge in [0.1, 0.15) is 0 Å². The molecule has 2 rings (SSSR count). The number of nitrogens with one attached hydrogen (secondary N) is 1. The fourth-order valence-electron chi connectivity index (χ4n) is 3.71. The van der Waals surface area contributed by atoms with Crippen LogP contribution in [0.25, 0.3) is 0 Å². The molecular weight excluding hydrogens is 222 g/mol. The van der Waals surface area contributed by atoms with Crippen LogP contribution in [0.4, 0.5) is 0 Å². The first-order valence-electron chi connectivity index (χ1n) is 8.24. The first-order valence-corrected chi connectivity index (χ1v) is 8.24. The Hall–Kier alpha value is -0.0800. The molecular formula is C16H31NO. The maximum atomic E-state index is 6.18. The van der Waals surface area contributed by atoms with E-state index < -0.39 is 0 Å². The van der Waals surface area contributed by atoms with Crippen molar-refractivity contribution in [3.63, 3.8) is 0 Å². The first-order chi connectivity index (χ1) is 8.92. The Morgan fingerprint density at radius 3 is 2.50 bits per heavy atom. The van der Waals surface area contributed by atoms with Gasteiger partial charge in [-0.2, -0.15) is 0 Å². The van der Waals surface area contributed by atoms with Crippen LogP contribution in [0.2, 0.25) is 0 Å². The Bertz CT molecular complexity index is 211. The van der Waals surface area contributed by atoms with Crippen LogP contribution < -0.4 is 5.32 Å². The smallest absolute Gasteiger partial charge is 0.0643 e. The summed E-state index contributed by atoms with van der Waals surface area (Å²) in [5, 5.41) is 3.61. The van der Waals surface area contributed by atoms with E-state index in [1.165, 1.54) is 64.3 Å². The van der Waals surface area contributed by atoms with Gasteiger partial charge in [0.2, 0.25) is 0 Å². The molecule has 1 saturated carbocycles. The van der Waals surface area contributed by atoms with Gasteiger partial charge in [-0.1, -0.05) is 32.6 Å². The van der Waals surface area contributed by atoms with Gasteiger partial charge < -0.3 is 10.1 Å². The first kappa shape index (κ1) is 14.3. The quantitative estimate of drug-likeness (QED) is 0.595. The lowest BCUT2D eigenvalue weighted by Crippen LogP contribution is -2.41. The molecule has 18 heavy (non-hydrogen) atoms. The Morgan fingerprint density at radius 2 is 1.78 bits per heavy atom. The highest BCUT2D eigenvalue weighted by Gasteiger charge is 2.32. The second-order valence-electron chi connectivity index (χ2n) is 6.19. The summed E-state index contributed by atoms with van der Waals surface area (Å²) in [7, 11) is 0. The summed E-state index contributed by atoms with van der Waals surface area (Å²) in [5.41, 5.74) is 0. The van der Waals surface area contributed by atoms with Crippen LogP contribution in [-0.4, -0.2) is 25.8 Å². The van der Waals surface area contributed by atoms with Crippen LogP contribution in [-0.2, 0) is 4.74 Å². The largest absolute Gasteiger partial charge is 0.378 e. The van der Waals surface area contributed by atoms with Crippen molar-refractivity contribution in [3.05, 3.63) is 0 Å². The van der Waals surface area contributed by atoms with E-state index in [1.807, 2.05) is 0 Å². The van der Waals surface area contributed by atoms with Gasteiger partial charge in [0.05, 0.1) is 6.10 Å². The molecule has 0 aromatic rings. The molecule has 1 aliphatic heterocycles. The van der Waals surface area contributed by atoms with Crippen LogP contribution in [0, 0.1) is 11.8 Å². The zero-order valence-electron chi connectivity index (χ0n) is 12.1. The summed E-state index contributed by atoms with van der Waals surface area (Å²) in [4.78, 5) is 0. The molecule has 1 aliphatic carbocycles. The molecule has 2 aliphatic rings. The highest BCUT2D eigenvalue weighted by Crippen LogP contribution is 2.34. The molecule has 2 fully saturated rings. The van der Waals surface area contributed by atoms with Crippen molar-refractivity contribution in [1.82, 2.24) is 5.32 Å². The monoisotopic (exact) mass is 253 g/mol. The fraction of sp³-hybridized carbons (Fsp3) is 1.00. The van der Waals surface area contributed by atoms with E-state index in [4.69, 9.17) is 4.74 Å². The maximum absolute atomic E-state index is 6.18. The van der Waals surface area contributed by atoms with Crippen molar-refractivity contribution >= 4 is 0 Å². The molecule has 0 radical (unpaired) electrons. The average Bonchev–Trinajstić information content (AvgIpc) is 2.68. The molecule has 0 aromatic heterocycles. The summed E-state index contributed by atoms with van der Waals surface area (Å²) in [6, 6.07) is 0. The van der Waals surface area contributed by atoms with Crippen LogP contribution in [0.3, 0.4) is 0 Å². The van der Waals surface area contributed by atoms with Gasteiger partial charge in [-0.3, -0.25) is 0 Å². The normalized spacial score (nSPS) is 31.2. The summed E-state index contributed by atoms with van der Waals surface area (Å²) < 4.78 is 6.18. The van der Waals surface area contributed by atoms with Gasteiger partial charge in [-0.15, -0.1) is 0 Å². The van der Waals surface area contributed by atoms with Crippen molar-refractivity contribution in [1.29, 1.82) is 0 Å². The predicted octanol–water partition coefficient (Wildman–Crippen LogP) is 3.75. The van der Waals surface area contributed by atoms with E-state index >= 15 is 0 Å². The molecule has 2 nitrogen and oxygen atoms in total. The third-order valence-corrected chi connectivity index (χ3v) is 4.69. The highest BCUT2D eigenvalue weighted by molar-refractivity contribution is 4.83. The maximum Gasteiger partial charge on any atom is 0.0643 e. The van der Waals surface area contributed by atoms with Gasteiger partial charge in [0, 0.05) is 13.2 Å². The molecule has 2 atom stereocenters. The van der Waals surface area contributed by atoms with E-state index in [0.29, 0.717) is 6.10 Å². The lowest BCUT2D eigenvalue weighted by molar-refractivity contribution is -0.0632. The van der Waals surface area contributed by atoms with E-state index in [0.717, 1.165) is 25.0 Å². The van der Waals surface area contributed by atoms with Crippen molar-refractivity contribution in [2.75, 3.05) is 19.7 Å². The summed E-state index contributed by atoms with van der Waals surface area (Å²) >= 11 is 0. The van der Waals surface area contributed by atoms with Gasteiger partial charge in [0.25, 0.3) is 0 Å². The molecule has 0 spiro atoms. The molecule has 1 heterocycles. The van der Waals surface area contributed by atoms with Crippen molar-refractivity contribution in [3.8, 4) is 0 Å². The third-order valence-electron chi connectivity index (χ3n) is 4.69. The van der Waals surface area contributed by atoms with E-state index in [2.05, 4.69) is 12.2 Å². The van der Waals surface area contributed by atoms with Crippen LogP contribution >= 0.6 is 0 Å². The van der Waals surface area contributed by atoms with E-state index in [9.17, 15) is 0 Å². The number of hydrogen-bond donors (Lipinski definition) is 1. The highest BCUT2D eigenvalue weighted by atomic mass is 16.5. The molecule has 2 unspecified atom stereocenters. The lowest BCUT2D eigenvalue weighted by atomic mass is 9.82. The SMILES string of the molecule is CCCNCC1CCCOC1C1CCCCCC1. The second-order valence-corrected chi connectivity index (χ2v) is 6.19. The minimum absolute atomic E-state index is 0.557. The van der Waals surface area contributed by atoms with Gasteiger partial charge in [0.15, 0.2) is 0 Å². The number of ether oxygens (including phenoxy) is 1. The van der Waals surface area contributed by atoms with E-state index in [-0.39, 0.29) is 0 Å². The molecule has 1 saturated heterocycles. The summed E-state index contributed by atoms with van der Waals surface area (Å²) in [5.74, 6) is 1.62.